The lowest BCUT2D eigenvalue weighted by atomic mass is 10.1. The minimum Gasteiger partial charge on any atom is -0.356 e. The Kier molecular flexibility index (Phi) is 5.10. The molecule has 3 rings (SSSR count). The Bertz CT molecular complexity index is 832. The van der Waals surface area contributed by atoms with Crippen molar-refractivity contribution in [2.24, 2.45) is 0 Å². The number of fused-ring (bicyclic) bond motifs is 1. The normalized spacial score (nSPS) is 10.9. The summed E-state index contributed by atoms with van der Waals surface area (Å²) >= 11 is 0. The number of carbonyl (C=O) groups excluding carboxylic acids is 1. The highest BCUT2D eigenvalue weighted by Crippen LogP contribution is 2.08. The molecule has 0 saturated carbocycles. The molecule has 1 N–H and O–H groups in total. The van der Waals surface area contributed by atoms with Crippen LogP contribution in [0.4, 0.5) is 4.39 Å². The number of rotatable bonds is 7. The SMILES string of the molecule is O=C(CCc1ccccc1F)NCCCc1cnc2ncnn2c1. The number of nitrogens with one attached hydrogen (secondary N) is 1. The van der Waals surface area contributed by atoms with Gasteiger partial charge in [-0.2, -0.15) is 10.1 Å². The second-order valence-electron chi connectivity index (χ2n) is 5.51. The molecule has 0 unspecified atom stereocenters. The van der Waals surface area contributed by atoms with Gasteiger partial charge >= 0.3 is 0 Å². The molecule has 0 bridgehead atoms. The highest BCUT2D eigenvalue weighted by molar-refractivity contribution is 5.76. The van der Waals surface area contributed by atoms with E-state index in [2.05, 4.69) is 20.4 Å². The number of aryl methyl sites for hydroxylation is 2. The number of halogens is 1. The molecule has 0 aliphatic carbocycles. The molecule has 0 fully saturated rings. The smallest absolute Gasteiger partial charge is 0.252 e. The molecule has 2 heterocycles. The van der Waals surface area contributed by atoms with Crippen LogP contribution in [-0.4, -0.2) is 32.0 Å². The maximum atomic E-state index is 13.5. The van der Waals surface area contributed by atoms with Gasteiger partial charge in [0, 0.05) is 25.4 Å². The van der Waals surface area contributed by atoms with E-state index in [1.165, 1.54) is 12.4 Å². The number of aromatic nitrogens is 4. The standard InChI is InChI=1S/C17H18FN5O/c18-15-6-2-1-5-14(15)7-8-16(24)19-9-3-4-13-10-20-17-21-12-22-23(17)11-13/h1-2,5-6,10-12H,3-4,7-9H2,(H,19,24). The molecule has 24 heavy (non-hydrogen) atoms. The van der Waals surface area contributed by atoms with Crippen LogP contribution in [-0.2, 0) is 17.6 Å². The van der Waals surface area contributed by atoms with Gasteiger partial charge in [-0.15, -0.1) is 0 Å². The molecule has 0 saturated heterocycles. The third-order valence-corrected chi connectivity index (χ3v) is 3.73. The Labute approximate surface area is 138 Å². The number of amides is 1. The van der Waals surface area contributed by atoms with E-state index in [-0.39, 0.29) is 18.1 Å². The molecule has 2 aromatic heterocycles. The zero-order chi connectivity index (χ0) is 16.8. The first-order valence-corrected chi connectivity index (χ1v) is 7.87. The largest absolute Gasteiger partial charge is 0.356 e. The lowest BCUT2D eigenvalue weighted by Crippen LogP contribution is -2.25. The Morgan fingerprint density at radius 1 is 1.21 bits per heavy atom. The quantitative estimate of drug-likeness (QED) is 0.673. The van der Waals surface area contributed by atoms with Crippen molar-refractivity contribution in [2.45, 2.75) is 25.7 Å². The molecule has 3 aromatic rings. The van der Waals surface area contributed by atoms with Gasteiger partial charge in [-0.25, -0.2) is 13.9 Å². The molecule has 6 nitrogen and oxygen atoms in total. The van der Waals surface area contributed by atoms with Crippen molar-refractivity contribution < 1.29 is 9.18 Å². The maximum Gasteiger partial charge on any atom is 0.252 e. The Balaban J connectivity index is 1.38. The highest BCUT2D eigenvalue weighted by Gasteiger charge is 2.05. The summed E-state index contributed by atoms with van der Waals surface area (Å²) < 4.78 is 15.1. The number of benzene rings is 1. The van der Waals surface area contributed by atoms with Gasteiger partial charge in [0.2, 0.25) is 5.91 Å². The van der Waals surface area contributed by atoms with Crippen molar-refractivity contribution in [3.63, 3.8) is 0 Å². The monoisotopic (exact) mass is 327 g/mol. The van der Waals surface area contributed by atoms with Crippen molar-refractivity contribution >= 4 is 11.7 Å². The molecule has 1 aromatic carbocycles. The van der Waals surface area contributed by atoms with Gasteiger partial charge in [-0.05, 0) is 36.5 Å². The number of hydrogen-bond donors (Lipinski definition) is 1. The molecule has 0 spiro atoms. The third-order valence-electron chi connectivity index (χ3n) is 3.73. The van der Waals surface area contributed by atoms with Crippen molar-refractivity contribution in [1.29, 1.82) is 0 Å². The van der Waals surface area contributed by atoms with E-state index in [4.69, 9.17) is 0 Å². The minimum absolute atomic E-state index is 0.0666. The summed E-state index contributed by atoms with van der Waals surface area (Å²) in [4.78, 5) is 20.0. The highest BCUT2D eigenvalue weighted by atomic mass is 19.1. The molecule has 0 atom stereocenters. The van der Waals surface area contributed by atoms with Gasteiger partial charge < -0.3 is 5.32 Å². The number of hydrogen-bond acceptors (Lipinski definition) is 4. The van der Waals surface area contributed by atoms with Crippen LogP contribution in [0.1, 0.15) is 24.0 Å². The molecule has 0 aliphatic rings. The first-order chi connectivity index (χ1) is 11.7. The Hall–Kier alpha value is -2.83. The van der Waals surface area contributed by atoms with E-state index < -0.39 is 0 Å². The maximum absolute atomic E-state index is 13.5. The first kappa shape index (κ1) is 16.0. The summed E-state index contributed by atoms with van der Waals surface area (Å²) in [6.45, 7) is 0.575. The van der Waals surface area contributed by atoms with Gasteiger partial charge in [-0.1, -0.05) is 18.2 Å². The van der Waals surface area contributed by atoms with Crippen molar-refractivity contribution in [1.82, 2.24) is 24.9 Å². The van der Waals surface area contributed by atoms with Gasteiger partial charge in [0.15, 0.2) is 0 Å². The van der Waals surface area contributed by atoms with Gasteiger partial charge in [0.25, 0.3) is 5.78 Å². The summed E-state index contributed by atoms with van der Waals surface area (Å²) in [5.41, 5.74) is 1.61. The van der Waals surface area contributed by atoms with Crippen LogP contribution < -0.4 is 5.32 Å². The van der Waals surface area contributed by atoms with E-state index in [1.54, 1.807) is 28.9 Å². The third kappa shape index (κ3) is 4.13. The topological polar surface area (TPSA) is 72.2 Å². The van der Waals surface area contributed by atoms with Gasteiger partial charge in [-0.3, -0.25) is 4.79 Å². The molecule has 0 aliphatic heterocycles. The van der Waals surface area contributed by atoms with Gasteiger partial charge in [0.05, 0.1) is 0 Å². The molecular weight excluding hydrogens is 309 g/mol. The summed E-state index contributed by atoms with van der Waals surface area (Å²) in [5, 5.41) is 6.90. The molecule has 124 valence electrons. The predicted molar refractivity (Wildman–Crippen MR) is 86.8 cm³/mol. The average molecular weight is 327 g/mol. The lowest BCUT2D eigenvalue weighted by molar-refractivity contribution is -0.121. The molecule has 7 heteroatoms. The van der Waals surface area contributed by atoms with E-state index >= 15 is 0 Å². The van der Waals surface area contributed by atoms with Crippen LogP contribution in [0.2, 0.25) is 0 Å². The fourth-order valence-electron chi connectivity index (χ4n) is 2.45. The predicted octanol–water partition coefficient (Wildman–Crippen LogP) is 1.95. The van der Waals surface area contributed by atoms with Crippen molar-refractivity contribution in [2.75, 3.05) is 6.54 Å². The second-order valence-corrected chi connectivity index (χ2v) is 5.51. The summed E-state index contributed by atoms with van der Waals surface area (Å²) in [6.07, 6.45) is 7.39. The Morgan fingerprint density at radius 3 is 2.96 bits per heavy atom. The van der Waals surface area contributed by atoms with Crippen LogP contribution in [0.3, 0.4) is 0 Å². The summed E-state index contributed by atoms with van der Waals surface area (Å²) in [6, 6.07) is 6.53. The molecular formula is C17H18FN5O. The lowest BCUT2D eigenvalue weighted by Gasteiger charge is -2.06. The van der Waals surface area contributed by atoms with Crippen LogP contribution in [0.25, 0.3) is 5.78 Å². The van der Waals surface area contributed by atoms with Crippen molar-refractivity contribution in [3.05, 3.63) is 59.9 Å². The van der Waals surface area contributed by atoms with E-state index in [0.29, 0.717) is 24.3 Å². The Morgan fingerprint density at radius 2 is 2.08 bits per heavy atom. The minimum atomic E-state index is -0.263. The van der Waals surface area contributed by atoms with Crippen LogP contribution in [0, 0.1) is 5.82 Å². The zero-order valence-electron chi connectivity index (χ0n) is 13.2. The van der Waals surface area contributed by atoms with Crippen LogP contribution >= 0.6 is 0 Å². The molecule has 0 radical (unpaired) electrons. The number of nitrogens with zero attached hydrogens (tertiary/aromatic N) is 4. The average Bonchev–Trinajstić information content (AvgIpc) is 3.06. The fraction of sp³-hybridized carbons (Fsp3) is 0.294. The summed E-state index contributed by atoms with van der Waals surface area (Å²) in [7, 11) is 0. The van der Waals surface area contributed by atoms with Crippen molar-refractivity contribution in [3.8, 4) is 0 Å². The zero-order valence-corrected chi connectivity index (χ0v) is 13.2. The van der Waals surface area contributed by atoms with Crippen LogP contribution in [0.5, 0.6) is 0 Å². The van der Waals surface area contributed by atoms with E-state index in [9.17, 15) is 9.18 Å². The van der Waals surface area contributed by atoms with Crippen LogP contribution in [0.15, 0.2) is 43.0 Å². The summed E-state index contributed by atoms with van der Waals surface area (Å²) in [5.74, 6) is 0.240. The van der Waals surface area contributed by atoms with E-state index in [1.807, 2.05) is 6.20 Å². The second kappa shape index (κ2) is 7.63. The fourth-order valence-corrected chi connectivity index (χ4v) is 2.45. The molecule has 1 amide bonds. The first-order valence-electron chi connectivity index (χ1n) is 7.87. The van der Waals surface area contributed by atoms with Gasteiger partial charge in [0.1, 0.15) is 12.1 Å². The number of carbonyl (C=O) groups is 1. The van der Waals surface area contributed by atoms with E-state index in [0.717, 1.165) is 18.4 Å².